The fourth-order valence-corrected chi connectivity index (χ4v) is 2.49. The number of nitro benzene ring substituents is 1. The predicted octanol–water partition coefficient (Wildman–Crippen LogP) is 4.12. The highest BCUT2D eigenvalue weighted by molar-refractivity contribution is 6.29. The van der Waals surface area contributed by atoms with Crippen molar-refractivity contribution in [3.8, 4) is 0 Å². The van der Waals surface area contributed by atoms with Crippen molar-refractivity contribution in [3.63, 3.8) is 0 Å². The van der Waals surface area contributed by atoms with Crippen LogP contribution in [0.1, 0.15) is 30.5 Å². The van der Waals surface area contributed by atoms with Gasteiger partial charge in [0.1, 0.15) is 0 Å². The number of hydrogen-bond acceptors (Lipinski definition) is 4. The van der Waals surface area contributed by atoms with E-state index < -0.39 is 0 Å². The van der Waals surface area contributed by atoms with Crippen molar-refractivity contribution in [2.24, 2.45) is 0 Å². The van der Waals surface area contributed by atoms with Crippen LogP contribution in [-0.2, 0) is 6.42 Å². The molecule has 2 aromatic rings. The summed E-state index contributed by atoms with van der Waals surface area (Å²) in [7, 11) is 0. The van der Waals surface area contributed by atoms with Crippen LogP contribution in [0, 0.1) is 10.1 Å². The summed E-state index contributed by atoms with van der Waals surface area (Å²) in [5.41, 5.74) is 1.62. The molecule has 0 radical (unpaired) electrons. The molecule has 112 valence electrons. The molecule has 5 nitrogen and oxygen atoms in total. The lowest BCUT2D eigenvalue weighted by Crippen LogP contribution is -2.24. The molecule has 1 unspecified atom stereocenters. The van der Waals surface area contributed by atoms with Crippen LogP contribution in [0.15, 0.2) is 41.0 Å². The van der Waals surface area contributed by atoms with Gasteiger partial charge in [-0.05, 0) is 37.1 Å². The van der Waals surface area contributed by atoms with Crippen molar-refractivity contribution >= 4 is 17.3 Å². The smallest absolute Gasteiger partial charge is 0.272 e. The van der Waals surface area contributed by atoms with Gasteiger partial charge in [0.25, 0.3) is 5.69 Å². The van der Waals surface area contributed by atoms with Crippen molar-refractivity contribution in [2.75, 3.05) is 6.54 Å². The summed E-state index contributed by atoms with van der Waals surface area (Å²) in [6.07, 6.45) is 2.97. The molecule has 0 bridgehead atoms. The van der Waals surface area contributed by atoms with Crippen LogP contribution in [0.3, 0.4) is 0 Å². The van der Waals surface area contributed by atoms with Crippen LogP contribution < -0.4 is 5.32 Å². The summed E-state index contributed by atoms with van der Waals surface area (Å²) < 4.78 is 5.13. The summed E-state index contributed by atoms with van der Waals surface area (Å²) in [5, 5.41) is 14.8. The molecule has 1 heterocycles. The van der Waals surface area contributed by atoms with Crippen LogP contribution in [0.2, 0.25) is 5.22 Å². The zero-order valence-electron chi connectivity index (χ0n) is 11.7. The highest BCUT2D eigenvalue weighted by Crippen LogP contribution is 2.29. The minimum Gasteiger partial charge on any atom is -0.453 e. The Bertz CT molecular complexity index is 612. The quantitative estimate of drug-likeness (QED) is 0.617. The van der Waals surface area contributed by atoms with E-state index in [4.69, 9.17) is 16.0 Å². The summed E-state index contributed by atoms with van der Waals surface area (Å²) in [5.74, 6) is 0. The second-order valence-corrected chi connectivity index (χ2v) is 5.09. The molecule has 0 saturated carbocycles. The van der Waals surface area contributed by atoms with Crippen LogP contribution in [0.5, 0.6) is 0 Å². The molecule has 0 aliphatic rings. The van der Waals surface area contributed by atoms with E-state index in [1.807, 2.05) is 0 Å². The Morgan fingerprint density at radius 3 is 2.76 bits per heavy atom. The van der Waals surface area contributed by atoms with E-state index in [2.05, 4.69) is 12.2 Å². The van der Waals surface area contributed by atoms with Gasteiger partial charge < -0.3 is 9.73 Å². The Labute approximate surface area is 128 Å². The largest absolute Gasteiger partial charge is 0.453 e. The molecule has 1 aromatic heterocycles. The minimum absolute atomic E-state index is 0.114. The Hall–Kier alpha value is -1.85. The van der Waals surface area contributed by atoms with E-state index in [9.17, 15) is 10.1 Å². The number of benzene rings is 1. The molecule has 0 spiro atoms. The molecule has 0 aliphatic heterocycles. The average Bonchev–Trinajstić information content (AvgIpc) is 2.90. The van der Waals surface area contributed by atoms with Crippen molar-refractivity contribution in [2.45, 2.75) is 25.8 Å². The Morgan fingerprint density at radius 2 is 2.14 bits per heavy atom. The third-order valence-electron chi connectivity index (χ3n) is 3.27. The molecule has 0 amide bonds. The first-order chi connectivity index (χ1) is 10.1. The Morgan fingerprint density at radius 1 is 1.38 bits per heavy atom. The summed E-state index contributed by atoms with van der Waals surface area (Å²) >= 11 is 6.04. The van der Waals surface area contributed by atoms with Crippen molar-refractivity contribution < 1.29 is 9.34 Å². The van der Waals surface area contributed by atoms with E-state index in [1.165, 1.54) is 12.3 Å². The van der Waals surface area contributed by atoms with E-state index in [0.717, 1.165) is 18.5 Å². The molecule has 6 heteroatoms. The third kappa shape index (κ3) is 3.83. The van der Waals surface area contributed by atoms with Gasteiger partial charge in [-0.25, -0.2) is 0 Å². The predicted molar refractivity (Wildman–Crippen MR) is 81.6 cm³/mol. The molecular formula is C15H17ClN2O3. The minimum atomic E-state index is -0.358. The number of para-hydroxylation sites is 1. The molecule has 0 saturated heterocycles. The van der Waals surface area contributed by atoms with Crippen LogP contribution in [-0.4, -0.2) is 11.5 Å². The van der Waals surface area contributed by atoms with E-state index in [-0.39, 0.29) is 16.7 Å². The monoisotopic (exact) mass is 308 g/mol. The number of furan rings is 1. The zero-order chi connectivity index (χ0) is 15.2. The first kappa shape index (κ1) is 15.5. The van der Waals surface area contributed by atoms with Gasteiger partial charge in [-0.2, -0.15) is 0 Å². The van der Waals surface area contributed by atoms with Crippen LogP contribution in [0.4, 0.5) is 5.69 Å². The van der Waals surface area contributed by atoms with Crippen molar-refractivity contribution in [1.82, 2.24) is 5.32 Å². The fraction of sp³-hybridized carbons (Fsp3) is 0.333. The number of halogens is 1. The van der Waals surface area contributed by atoms with Gasteiger partial charge in [-0.3, -0.25) is 10.1 Å². The first-order valence-corrected chi connectivity index (χ1v) is 7.19. The summed E-state index contributed by atoms with van der Waals surface area (Å²) in [4.78, 5) is 10.8. The van der Waals surface area contributed by atoms with E-state index >= 15 is 0 Å². The molecule has 1 N–H and O–H groups in total. The van der Waals surface area contributed by atoms with Gasteiger partial charge in [-0.15, -0.1) is 0 Å². The Kier molecular flexibility index (Phi) is 5.36. The maximum absolute atomic E-state index is 11.1. The maximum atomic E-state index is 11.1. The lowest BCUT2D eigenvalue weighted by Gasteiger charge is -2.17. The number of nitrogens with one attached hydrogen (secondary N) is 1. The summed E-state index contributed by atoms with van der Waals surface area (Å²) in [6.45, 7) is 2.86. The van der Waals surface area contributed by atoms with Crippen molar-refractivity contribution in [3.05, 3.63) is 63.1 Å². The fourth-order valence-electron chi connectivity index (χ4n) is 2.25. The second kappa shape index (κ2) is 7.24. The van der Waals surface area contributed by atoms with Gasteiger partial charge >= 0.3 is 0 Å². The van der Waals surface area contributed by atoms with E-state index in [1.54, 1.807) is 24.3 Å². The van der Waals surface area contributed by atoms with E-state index in [0.29, 0.717) is 17.2 Å². The molecular weight excluding hydrogens is 292 g/mol. The maximum Gasteiger partial charge on any atom is 0.272 e. The molecule has 0 fully saturated rings. The second-order valence-electron chi connectivity index (χ2n) is 4.75. The molecule has 0 aliphatic carbocycles. The van der Waals surface area contributed by atoms with Crippen LogP contribution in [0.25, 0.3) is 0 Å². The molecule has 2 rings (SSSR count). The number of hydrogen-bond donors (Lipinski definition) is 1. The van der Waals surface area contributed by atoms with Gasteiger partial charge in [0.2, 0.25) is 0 Å². The molecule has 1 aromatic carbocycles. The standard InChI is InChI=1S/C15H17ClN2O3/c1-2-8-17-13(12-7-9-21-15(12)16)10-11-5-3-4-6-14(11)18(19)20/h3-7,9,13,17H,2,8,10H2,1H3. The topological polar surface area (TPSA) is 68.3 Å². The third-order valence-corrected chi connectivity index (χ3v) is 3.58. The number of nitrogens with zero attached hydrogens (tertiary/aromatic N) is 1. The van der Waals surface area contributed by atoms with Crippen LogP contribution >= 0.6 is 11.6 Å². The van der Waals surface area contributed by atoms with Crippen molar-refractivity contribution in [1.29, 1.82) is 0 Å². The highest BCUT2D eigenvalue weighted by Gasteiger charge is 2.21. The first-order valence-electron chi connectivity index (χ1n) is 6.82. The number of nitro groups is 1. The van der Waals surface area contributed by atoms with Gasteiger partial charge in [0, 0.05) is 23.2 Å². The lowest BCUT2D eigenvalue weighted by atomic mass is 9.99. The van der Waals surface area contributed by atoms with Gasteiger partial charge in [-0.1, -0.05) is 25.1 Å². The summed E-state index contributed by atoms with van der Waals surface area (Å²) in [6, 6.07) is 8.44. The molecule has 21 heavy (non-hydrogen) atoms. The number of rotatable bonds is 7. The normalized spacial score (nSPS) is 12.3. The zero-order valence-corrected chi connectivity index (χ0v) is 12.5. The highest BCUT2D eigenvalue weighted by atomic mass is 35.5. The lowest BCUT2D eigenvalue weighted by molar-refractivity contribution is -0.385. The SMILES string of the molecule is CCCNC(Cc1ccccc1[N+](=O)[O-])c1ccoc1Cl. The van der Waals surface area contributed by atoms with Gasteiger partial charge in [0.05, 0.1) is 11.2 Å². The average molecular weight is 309 g/mol. The van der Waals surface area contributed by atoms with Gasteiger partial charge in [0.15, 0.2) is 5.22 Å². The Balaban J connectivity index is 2.27. The molecule has 1 atom stereocenters.